The number of benzene rings is 2. The smallest absolute Gasteiger partial charge is 0.277 e. The lowest BCUT2D eigenvalue weighted by Crippen LogP contribution is -2.39. The van der Waals surface area contributed by atoms with Crippen molar-refractivity contribution in [3.8, 4) is 17.1 Å². The van der Waals surface area contributed by atoms with Gasteiger partial charge in [-0.1, -0.05) is 0 Å². The van der Waals surface area contributed by atoms with Crippen LogP contribution in [-0.2, 0) is 22.8 Å². The van der Waals surface area contributed by atoms with E-state index < -0.39 is 9.84 Å². The van der Waals surface area contributed by atoms with Crippen molar-refractivity contribution in [3.05, 3.63) is 78.0 Å². The first kappa shape index (κ1) is 23.8. The van der Waals surface area contributed by atoms with Crippen LogP contribution >= 0.6 is 0 Å². The van der Waals surface area contributed by atoms with Gasteiger partial charge in [0.2, 0.25) is 0 Å². The van der Waals surface area contributed by atoms with E-state index in [0.717, 1.165) is 17.8 Å². The normalized spacial score (nSPS) is 13.6. The van der Waals surface area contributed by atoms with Gasteiger partial charge in [-0.25, -0.2) is 18.1 Å². The Kier molecular flexibility index (Phi) is 6.10. The first-order valence-corrected chi connectivity index (χ1v) is 13.3. The van der Waals surface area contributed by atoms with Crippen LogP contribution in [0.1, 0.15) is 21.9 Å². The second-order valence-electron chi connectivity index (χ2n) is 8.48. The molecule has 0 spiro atoms. The topological polar surface area (TPSA) is 111 Å². The standard InChI is InChI=1S/C25H26N6O4S/c1-26-16-22-27-13-15-29(22)17-4-6-18(7-5-17)30-14-12-21-23(25(30)32)31(28-24(21)36(3,33)34)19-8-10-20(35-2)11-9-19/h4-11,13,15,26H,12,14,16H2,1-3H3. The van der Waals surface area contributed by atoms with E-state index >= 15 is 0 Å². The average Bonchev–Trinajstić information content (AvgIpc) is 3.50. The summed E-state index contributed by atoms with van der Waals surface area (Å²) in [6.45, 7) is 0.970. The number of methoxy groups -OCH3 is 1. The average molecular weight is 507 g/mol. The summed E-state index contributed by atoms with van der Waals surface area (Å²) in [5.74, 6) is 1.22. The third-order valence-corrected chi connectivity index (χ3v) is 7.17. The number of carbonyl (C=O) groups excluding carboxylic acids is 1. The second-order valence-corrected chi connectivity index (χ2v) is 10.4. The number of rotatable bonds is 7. The first-order valence-electron chi connectivity index (χ1n) is 11.4. The van der Waals surface area contributed by atoms with E-state index in [1.807, 2.05) is 42.1 Å². The SMILES string of the molecule is CNCc1nccn1-c1ccc(N2CCc3c(S(C)(=O)=O)nn(-c4ccc(OC)cc4)c3C2=O)cc1. The van der Waals surface area contributed by atoms with Gasteiger partial charge >= 0.3 is 0 Å². The number of hydrogen-bond acceptors (Lipinski definition) is 7. The fraction of sp³-hybridized carbons (Fsp3) is 0.240. The molecule has 0 atom stereocenters. The molecule has 0 saturated heterocycles. The van der Waals surface area contributed by atoms with Gasteiger partial charge in [0.1, 0.15) is 17.3 Å². The summed E-state index contributed by atoms with van der Waals surface area (Å²) < 4.78 is 33.6. The maximum absolute atomic E-state index is 13.7. The molecular formula is C25H26N6O4S. The van der Waals surface area contributed by atoms with Gasteiger partial charge in [-0.2, -0.15) is 5.10 Å². The van der Waals surface area contributed by atoms with Crippen molar-refractivity contribution in [2.45, 2.75) is 18.0 Å². The molecule has 4 aromatic rings. The molecular weight excluding hydrogens is 480 g/mol. The molecule has 2 aromatic heterocycles. The monoisotopic (exact) mass is 506 g/mol. The lowest BCUT2D eigenvalue weighted by Gasteiger charge is -2.28. The van der Waals surface area contributed by atoms with Crippen LogP contribution in [0.15, 0.2) is 66.0 Å². The number of carbonyl (C=O) groups is 1. The Morgan fingerprint density at radius 2 is 1.69 bits per heavy atom. The van der Waals surface area contributed by atoms with E-state index in [1.165, 1.54) is 4.68 Å². The van der Waals surface area contributed by atoms with Gasteiger partial charge in [-0.3, -0.25) is 4.79 Å². The zero-order valence-electron chi connectivity index (χ0n) is 20.2. The first-order chi connectivity index (χ1) is 17.3. The van der Waals surface area contributed by atoms with Gasteiger partial charge in [-0.05, 0) is 62.0 Å². The molecule has 0 saturated carbocycles. The predicted molar refractivity (Wildman–Crippen MR) is 135 cm³/mol. The Morgan fingerprint density at radius 1 is 1.03 bits per heavy atom. The van der Waals surface area contributed by atoms with Gasteiger partial charge in [0.05, 0.1) is 19.3 Å². The summed E-state index contributed by atoms with van der Waals surface area (Å²) >= 11 is 0. The highest BCUT2D eigenvalue weighted by molar-refractivity contribution is 7.90. The van der Waals surface area contributed by atoms with Gasteiger partial charge in [0.15, 0.2) is 14.9 Å². The minimum absolute atomic E-state index is 0.0613. The molecule has 1 amide bonds. The van der Waals surface area contributed by atoms with E-state index in [-0.39, 0.29) is 16.6 Å². The number of fused-ring (bicyclic) bond motifs is 1. The lowest BCUT2D eigenvalue weighted by atomic mass is 10.1. The number of anilines is 1. The van der Waals surface area contributed by atoms with E-state index in [1.54, 1.807) is 42.5 Å². The number of imidazole rings is 1. The fourth-order valence-corrected chi connectivity index (χ4v) is 5.31. The van der Waals surface area contributed by atoms with Crippen molar-refractivity contribution < 1.29 is 17.9 Å². The summed E-state index contributed by atoms with van der Waals surface area (Å²) in [6.07, 6.45) is 5.12. The Hall–Kier alpha value is -3.96. The Morgan fingerprint density at radius 3 is 2.33 bits per heavy atom. The molecule has 1 aliphatic heterocycles. The summed E-state index contributed by atoms with van der Waals surface area (Å²) in [5, 5.41) is 7.41. The Bertz CT molecular complexity index is 1520. The molecule has 5 rings (SSSR count). The van der Waals surface area contributed by atoms with Crippen LogP contribution in [0.5, 0.6) is 5.75 Å². The Labute approximate surface area is 209 Å². The summed E-state index contributed by atoms with van der Waals surface area (Å²) in [6, 6.07) is 14.6. The van der Waals surface area contributed by atoms with Gasteiger partial charge in [0, 0.05) is 42.1 Å². The highest BCUT2D eigenvalue weighted by Gasteiger charge is 2.35. The zero-order chi connectivity index (χ0) is 25.4. The van der Waals surface area contributed by atoms with Crippen LogP contribution in [0, 0.1) is 0 Å². The van der Waals surface area contributed by atoms with Crippen molar-refractivity contribution in [1.29, 1.82) is 0 Å². The van der Waals surface area contributed by atoms with Crippen LogP contribution in [0.3, 0.4) is 0 Å². The van der Waals surface area contributed by atoms with Gasteiger partial charge in [0.25, 0.3) is 5.91 Å². The predicted octanol–water partition coefficient (Wildman–Crippen LogP) is 2.39. The number of aromatic nitrogens is 4. The highest BCUT2D eigenvalue weighted by Crippen LogP contribution is 2.31. The molecule has 3 heterocycles. The van der Waals surface area contributed by atoms with Crippen LogP contribution in [0.4, 0.5) is 5.69 Å². The minimum atomic E-state index is -3.63. The van der Waals surface area contributed by atoms with Gasteiger partial charge < -0.3 is 19.5 Å². The summed E-state index contributed by atoms with van der Waals surface area (Å²) in [7, 11) is -0.202. The molecule has 0 fully saturated rings. The molecule has 1 N–H and O–H groups in total. The third kappa shape index (κ3) is 4.16. The number of amides is 1. The Balaban J connectivity index is 1.53. The molecule has 0 bridgehead atoms. The van der Waals surface area contributed by atoms with Crippen molar-refractivity contribution in [2.75, 3.05) is 31.9 Å². The fourth-order valence-electron chi connectivity index (χ4n) is 4.43. The molecule has 36 heavy (non-hydrogen) atoms. The van der Waals surface area contributed by atoms with Crippen molar-refractivity contribution in [1.82, 2.24) is 24.6 Å². The molecule has 186 valence electrons. The van der Waals surface area contributed by atoms with Crippen molar-refractivity contribution in [2.24, 2.45) is 0 Å². The molecule has 2 aromatic carbocycles. The second kappa shape index (κ2) is 9.25. The molecule has 1 aliphatic rings. The van der Waals surface area contributed by atoms with Crippen LogP contribution in [0.2, 0.25) is 0 Å². The minimum Gasteiger partial charge on any atom is -0.497 e. The van der Waals surface area contributed by atoms with E-state index in [9.17, 15) is 13.2 Å². The molecule has 0 unspecified atom stereocenters. The van der Waals surface area contributed by atoms with Crippen molar-refractivity contribution in [3.63, 3.8) is 0 Å². The summed E-state index contributed by atoms with van der Waals surface area (Å²) in [5.41, 5.74) is 2.91. The largest absolute Gasteiger partial charge is 0.497 e. The maximum Gasteiger partial charge on any atom is 0.277 e. The highest BCUT2D eigenvalue weighted by atomic mass is 32.2. The molecule has 10 nitrogen and oxygen atoms in total. The number of hydrogen-bond donors (Lipinski definition) is 1. The van der Waals surface area contributed by atoms with Crippen LogP contribution in [0.25, 0.3) is 11.4 Å². The third-order valence-electron chi connectivity index (χ3n) is 6.14. The van der Waals surface area contributed by atoms with E-state index in [4.69, 9.17) is 4.74 Å². The number of nitrogens with one attached hydrogen (secondary N) is 1. The molecule has 0 radical (unpaired) electrons. The number of ether oxygens (including phenoxy) is 1. The number of nitrogens with zero attached hydrogens (tertiary/aromatic N) is 5. The van der Waals surface area contributed by atoms with Gasteiger partial charge in [-0.15, -0.1) is 0 Å². The quantitative estimate of drug-likeness (QED) is 0.410. The van der Waals surface area contributed by atoms with Crippen LogP contribution in [-0.4, -0.2) is 60.6 Å². The lowest BCUT2D eigenvalue weighted by molar-refractivity contribution is 0.0973. The maximum atomic E-state index is 13.7. The van der Waals surface area contributed by atoms with Crippen molar-refractivity contribution >= 4 is 21.4 Å². The molecule has 11 heteroatoms. The van der Waals surface area contributed by atoms with Crippen LogP contribution < -0.4 is 15.0 Å². The number of sulfone groups is 1. The zero-order valence-corrected chi connectivity index (χ0v) is 21.0. The van der Waals surface area contributed by atoms with E-state index in [2.05, 4.69) is 15.4 Å². The summed E-state index contributed by atoms with van der Waals surface area (Å²) in [4.78, 5) is 19.8. The molecule has 0 aliphatic carbocycles. The van der Waals surface area contributed by atoms with E-state index in [0.29, 0.717) is 42.2 Å².